The van der Waals surface area contributed by atoms with Crippen molar-refractivity contribution in [1.82, 2.24) is 9.55 Å². The van der Waals surface area contributed by atoms with Gasteiger partial charge in [0, 0.05) is 31.1 Å². The molecule has 1 atom stereocenters. The maximum atomic E-state index is 12.9. The third-order valence-electron chi connectivity index (χ3n) is 7.04. The SMILES string of the molecule is CCCCCCCCCCCn1c([C@@H]2CC(=O)N(c3ccc(OC)cc3)C2)nc2ccccc21. The van der Waals surface area contributed by atoms with Crippen LogP contribution in [0, 0.1) is 0 Å². The third kappa shape index (κ3) is 5.81. The van der Waals surface area contributed by atoms with Crippen LogP contribution in [0.4, 0.5) is 5.69 Å². The van der Waals surface area contributed by atoms with E-state index in [1.54, 1.807) is 7.11 Å². The number of aromatic nitrogens is 2. The number of unbranched alkanes of at least 4 members (excludes halogenated alkanes) is 8. The first-order valence-electron chi connectivity index (χ1n) is 13.1. The number of hydrogen-bond acceptors (Lipinski definition) is 3. The molecule has 5 nitrogen and oxygen atoms in total. The van der Waals surface area contributed by atoms with Crippen LogP contribution in [0.5, 0.6) is 5.75 Å². The number of aryl methyl sites for hydroxylation is 1. The molecule has 1 aliphatic rings. The summed E-state index contributed by atoms with van der Waals surface area (Å²) >= 11 is 0. The van der Waals surface area contributed by atoms with Crippen LogP contribution < -0.4 is 9.64 Å². The summed E-state index contributed by atoms with van der Waals surface area (Å²) in [5.74, 6) is 2.14. The molecule has 0 spiro atoms. The summed E-state index contributed by atoms with van der Waals surface area (Å²) in [6, 6.07) is 16.1. The Morgan fingerprint density at radius 3 is 2.29 bits per heavy atom. The number of fused-ring (bicyclic) bond motifs is 1. The maximum absolute atomic E-state index is 12.9. The van der Waals surface area contributed by atoms with Crippen LogP contribution in [0.1, 0.15) is 82.9 Å². The lowest BCUT2D eigenvalue weighted by Gasteiger charge is -2.18. The summed E-state index contributed by atoms with van der Waals surface area (Å²) in [6.07, 6.45) is 12.4. The first-order valence-corrected chi connectivity index (χ1v) is 13.1. The van der Waals surface area contributed by atoms with Gasteiger partial charge in [-0.1, -0.05) is 70.4 Å². The summed E-state index contributed by atoms with van der Waals surface area (Å²) in [7, 11) is 1.66. The van der Waals surface area contributed by atoms with Crippen molar-refractivity contribution >= 4 is 22.6 Å². The highest BCUT2D eigenvalue weighted by Gasteiger charge is 2.34. The van der Waals surface area contributed by atoms with Crippen LogP contribution in [0.15, 0.2) is 48.5 Å². The van der Waals surface area contributed by atoms with E-state index in [9.17, 15) is 4.79 Å². The summed E-state index contributed by atoms with van der Waals surface area (Å²) < 4.78 is 7.65. The molecule has 0 N–H and O–H groups in total. The Bertz CT molecular complexity index is 1060. The van der Waals surface area contributed by atoms with Crippen LogP contribution in [-0.2, 0) is 11.3 Å². The summed E-state index contributed by atoms with van der Waals surface area (Å²) in [6.45, 7) is 3.91. The van der Waals surface area contributed by atoms with E-state index in [0.717, 1.165) is 35.7 Å². The zero-order valence-corrected chi connectivity index (χ0v) is 20.8. The van der Waals surface area contributed by atoms with Gasteiger partial charge in [0.2, 0.25) is 5.91 Å². The van der Waals surface area contributed by atoms with Crippen molar-refractivity contribution in [3.63, 3.8) is 0 Å². The van der Waals surface area contributed by atoms with Crippen LogP contribution in [0.2, 0.25) is 0 Å². The largest absolute Gasteiger partial charge is 0.497 e. The van der Waals surface area contributed by atoms with Gasteiger partial charge >= 0.3 is 0 Å². The van der Waals surface area contributed by atoms with E-state index >= 15 is 0 Å². The van der Waals surface area contributed by atoms with Gasteiger partial charge < -0.3 is 14.2 Å². The van der Waals surface area contributed by atoms with E-state index in [-0.39, 0.29) is 11.8 Å². The van der Waals surface area contributed by atoms with E-state index in [0.29, 0.717) is 13.0 Å². The van der Waals surface area contributed by atoms with Gasteiger partial charge in [-0.3, -0.25) is 4.79 Å². The molecule has 0 aliphatic carbocycles. The fourth-order valence-electron chi connectivity index (χ4n) is 5.11. The molecule has 5 heteroatoms. The van der Waals surface area contributed by atoms with E-state index in [4.69, 9.17) is 9.72 Å². The minimum absolute atomic E-state index is 0.112. The average Bonchev–Trinajstić information content (AvgIpc) is 3.43. The molecule has 2 heterocycles. The molecule has 2 aromatic carbocycles. The molecule has 34 heavy (non-hydrogen) atoms. The molecule has 182 valence electrons. The molecular formula is C29H39N3O2. The smallest absolute Gasteiger partial charge is 0.227 e. The fraction of sp³-hybridized carbons (Fsp3) is 0.517. The van der Waals surface area contributed by atoms with Crippen molar-refractivity contribution in [2.45, 2.75) is 83.6 Å². The lowest BCUT2D eigenvalue weighted by atomic mass is 10.1. The predicted octanol–water partition coefficient (Wildman–Crippen LogP) is 7.10. The van der Waals surface area contributed by atoms with Gasteiger partial charge in [-0.25, -0.2) is 4.98 Å². The fourth-order valence-corrected chi connectivity index (χ4v) is 5.11. The van der Waals surface area contributed by atoms with Gasteiger partial charge in [0.15, 0.2) is 0 Å². The Morgan fingerprint density at radius 1 is 0.912 bits per heavy atom. The van der Waals surface area contributed by atoms with Crippen LogP contribution >= 0.6 is 0 Å². The molecule has 1 aromatic heterocycles. The Labute approximate surface area is 204 Å². The second kappa shape index (κ2) is 12.0. The number of rotatable bonds is 13. The van der Waals surface area contributed by atoms with Gasteiger partial charge in [0.05, 0.1) is 18.1 Å². The first-order chi connectivity index (χ1) is 16.7. The monoisotopic (exact) mass is 461 g/mol. The number of carbonyl (C=O) groups is 1. The molecule has 1 amide bonds. The zero-order chi connectivity index (χ0) is 23.8. The number of carbonyl (C=O) groups excluding carboxylic acids is 1. The topological polar surface area (TPSA) is 47.4 Å². The second-order valence-corrected chi connectivity index (χ2v) is 9.54. The van der Waals surface area contributed by atoms with E-state index in [1.807, 2.05) is 35.2 Å². The van der Waals surface area contributed by atoms with Crippen LogP contribution in [0.3, 0.4) is 0 Å². The Kier molecular flexibility index (Phi) is 8.62. The number of methoxy groups -OCH3 is 1. The van der Waals surface area contributed by atoms with E-state index in [1.165, 1.54) is 56.9 Å². The normalized spacial score (nSPS) is 16.0. The van der Waals surface area contributed by atoms with Crippen molar-refractivity contribution in [2.24, 2.45) is 0 Å². The lowest BCUT2D eigenvalue weighted by molar-refractivity contribution is -0.117. The van der Waals surface area contributed by atoms with Crippen LogP contribution in [0.25, 0.3) is 11.0 Å². The van der Waals surface area contributed by atoms with Gasteiger partial charge in [0.25, 0.3) is 0 Å². The van der Waals surface area contributed by atoms with Crippen molar-refractivity contribution in [3.8, 4) is 5.75 Å². The molecule has 0 saturated carbocycles. The first kappa shape index (κ1) is 24.3. The highest BCUT2D eigenvalue weighted by atomic mass is 16.5. The van der Waals surface area contributed by atoms with Gasteiger partial charge in [-0.2, -0.15) is 0 Å². The summed E-state index contributed by atoms with van der Waals surface area (Å²) in [5.41, 5.74) is 3.14. The highest BCUT2D eigenvalue weighted by molar-refractivity contribution is 5.96. The predicted molar refractivity (Wildman–Crippen MR) is 140 cm³/mol. The van der Waals surface area contributed by atoms with E-state index in [2.05, 4.69) is 29.7 Å². The van der Waals surface area contributed by atoms with Gasteiger partial charge in [-0.15, -0.1) is 0 Å². The van der Waals surface area contributed by atoms with Crippen molar-refractivity contribution in [2.75, 3.05) is 18.6 Å². The molecule has 1 saturated heterocycles. The van der Waals surface area contributed by atoms with Crippen molar-refractivity contribution in [3.05, 3.63) is 54.4 Å². The Balaban J connectivity index is 1.40. The average molecular weight is 462 g/mol. The summed E-state index contributed by atoms with van der Waals surface area (Å²) in [5, 5.41) is 0. The highest BCUT2D eigenvalue weighted by Crippen LogP contribution is 2.34. The number of amides is 1. The Morgan fingerprint density at radius 2 is 1.59 bits per heavy atom. The molecule has 1 aliphatic heterocycles. The molecule has 4 rings (SSSR count). The number of hydrogen-bond donors (Lipinski definition) is 0. The van der Waals surface area contributed by atoms with E-state index < -0.39 is 0 Å². The summed E-state index contributed by atoms with van der Waals surface area (Å²) in [4.78, 5) is 19.8. The maximum Gasteiger partial charge on any atom is 0.227 e. The van der Waals surface area contributed by atoms with Crippen molar-refractivity contribution in [1.29, 1.82) is 0 Å². The molecule has 0 bridgehead atoms. The third-order valence-corrected chi connectivity index (χ3v) is 7.04. The molecule has 3 aromatic rings. The molecule has 1 fully saturated rings. The second-order valence-electron chi connectivity index (χ2n) is 9.54. The standard InChI is InChI=1S/C29H39N3O2/c1-3-4-5-6-7-8-9-10-13-20-31-27-15-12-11-14-26(27)30-29(31)23-21-28(33)32(22-23)24-16-18-25(34-2)19-17-24/h11-12,14-19,23H,3-10,13,20-22H2,1-2H3/t23-/m1/s1. The van der Waals surface area contributed by atoms with Crippen LogP contribution in [-0.4, -0.2) is 29.1 Å². The number of imidazole rings is 1. The number of benzene rings is 2. The molecular weight excluding hydrogens is 422 g/mol. The lowest BCUT2D eigenvalue weighted by Crippen LogP contribution is -2.24. The van der Waals surface area contributed by atoms with Crippen molar-refractivity contribution < 1.29 is 9.53 Å². The number of ether oxygens (including phenoxy) is 1. The molecule has 0 unspecified atom stereocenters. The van der Waals surface area contributed by atoms with Gasteiger partial charge in [0.1, 0.15) is 11.6 Å². The molecule has 0 radical (unpaired) electrons. The number of para-hydroxylation sites is 2. The quantitative estimate of drug-likeness (QED) is 0.255. The Hall–Kier alpha value is -2.82. The minimum Gasteiger partial charge on any atom is -0.497 e. The van der Waals surface area contributed by atoms with Gasteiger partial charge in [-0.05, 0) is 42.8 Å². The zero-order valence-electron chi connectivity index (χ0n) is 20.8. The number of nitrogens with zero attached hydrogens (tertiary/aromatic N) is 3. The number of anilines is 1. The minimum atomic E-state index is 0.112.